The Hall–Kier alpha value is -2.25. The number of carbonyl (C=O) groups excluding carboxylic acids is 1. The number of hydrazine groups is 1. The van der Waals surface area contributed by atoms with Gasteiger partial charge in [0.25, 0.3) is 5.91 Å². The third-order valence-electron chi connectivity index (χ3n) is 2.61. The molecular weight excluding hydrogens is 290 g/mol. The van der Waals surface area contributed by atoms with Gasteiger partial charge in [-0.1, -0.05) is 30.3 Å². The second-order valence-electron chi connectivity index (χ2n) is 4.48. The molecule has 0 aliphatic carbocycles. The van der Waals surface area contributed by atoms with Gasteiger partial charge in [0, 0.05) is 12.4 Å². The number of hydrogen-bond acceptors (Lipinski definition) is 4. The van der Waals surface area contributed by atoms with Crippen molar-refractivity contribution in [3.05, 3.63) is 66.0 Å². The summed E-state index contributed by atoms with van der Waals surface area (Å²) in [6.07, 6.45) is 3.94. The van der Waals surface area contributed by atoms with Gasteiger partial charge < -0.3 is 0 Å². The van der Waals surface area contributed by atoms with E-state index in [0.29, 0.717) is 5.56 Å². The standard InChI is InChI=1S/C14H15N3O3S/c1-21(19,20)16-17(11-12-6-3-2-4-7-12)14(18)13-8-5-9-15-10-13/h2-10,16H,11H2,1H3. The first kappa shape index (κ1) is 15.1. The van der Waals surface area contributed by atoms with E-state index in [2.05, 4.69) is 9.82 Å². The van der Waals surface area contributed by atoms with E-state index in [0.717, 1.165) is 16.8 Å². The highest BCUT2D eigenvalue weighted by atomic mass is 32.2. The summed E-state index contributed by atoms with van der Waals surface area (Å²) in [5.74, 6) is -0.461. The molecular formula is C14H15N3O3S. The Morgan fingerprint density at radius 2 is 1.90 bits per heavy atom. The average Bonchev–Trinajstić information content (AvgIpc) is 2.46. The molecule has 0 aliphatic rings. The Balaban J connectivity index is 2.26. The molecule has 0 unspecified atom stereocenters. The third-order valence-corrected chi connectivity index (χ3v) is 3.17. The molecule has 0 fully saturated rings. The molecule has 0 aliphatic heterocycles. The highest BCUT2D eigenvalue weighted by Gasteiger charge is 2.19. The second-order valence-corrected chi connectivity index (χ2v) is 6.21. The first-order valence-electron chi connectivity index (χ1n) is 6.19. The lowest BCUT2D eigenvalue weighted by molar-refractivity contribution is 0.0703. The van der Waals surface area contributed by atoms with Crippen molar-refractivity contribution in [2.24, 2.45) is 0 Å². The highest BCUT2D eigenvalue weighted by molar-refractivity contribution is 7.88. The van der Waals surface area contributed by atoms with Crippen LogP contribution in [0.15, 0.2) is 54.9 Å². The number of rotatable bonds is 5. The maximum absolute atomic E-state index is 12.4. The summed E-state index contributed by atoms with van der Waals surface area (Å²) >= 11 is 0. The summed E-state index contributed by atoms with van der Waals surface area (Å²) in [6.45, 7) is 0.127. The quantitative estimate of drug-likeness (QED) is 0.842. The Kier molecular flexibility index (Phi) is 4.66. The van der Waals surface area contributed by atoms with Crippen molar-refractivity contribution in [3.63, 3.8) is 0 Å². The fourth-order valence-corrected chi connectivity index (χ4v) is 2.30. The lowest BCUT2D eigenvalue weighted by Crippen LogP contribution is -2.45. The molecule has 6 nitrogen and oxygen atoms in total. The fourth-order valence-electron chi connectivity index (χ4n) is 1.76. The van der Waals surface area contributed by atoms with Crippen LogP contribution in [0.4, 0.5) is 0 Å². The Morgan fingerprint density at radius 3 is 2.48 bits per heavy atom. The second kappa shape index (κ2) is 6.47. The van der Waals surface area contributed by atoms with Crippen LogP contribution in [0.2, 0.25) is 0 Å². The SMILES string of the molecule is CS(=O)(=O)NN(Cc1ccccc1)C(=O)c1cccnc1. The first-order valence-corrected chi connectivity index (χ1v) is 8.08. The van der Waals surface area contributed by atoms with E-state index in [1.165, 1.54) is 6.20 Å². The Morgan fingerprint density at radius 1 is 1.19 bits per heavy atom. The molecule has 0 atom stereocenters. The molecule has 0 saturated heterocycles. The smallest absolute Gasteiger partial charge is 0.268 e. The van der Waals surface area contributed by atoms with E-state index < -0.39 is 15.9 Å². The van der Waals surface area contributed by atoms with Crippen LogP contribution >= 0.6 is 0 Å². The van der Waals surface area contributed by atoms with Crippen molar-refractivity contribution in [1.82, 2.24) is 14.8 Å². The van der Waals surface area contributed by atoms with Crippen LogP contribution in [0, 0.1) is 0 Å². The van der Waals surface area contributed by atoms with E-state index in [1.807, 2.05) is 30.3 Å². The van der Waals surface area contributed by atoms with Crippen LogP contribution in [0.25, 0.3) is 0 Å². The van der Waals surface area contributed by atoms with Gasteiger partial charge in [0.2, 0.25) is 10.0 Å². The van der Waals surface area contributed by atoms with E-state index >= 15 is 0 Å². The first-order chi connectivity index (χ1) is 9.96. The molecule has 1 aromatic carbocycles. The lowest BCUT2D eigenvalue weighted by Gasteiger charge is -2.22. The molecule has 21 heavy (non-hydrogen) atoms. The molecule has 2 rings (SSSR count). The zero-order valence-electron chi connectivity index (χ0n) is 11.4. The summed E-state index contributed by atoms with van der Waals surface area (Å²) in [5.41, 5.74) is 1.12. The highest BCUT2D eigenvalue weighted by Crippen LogP contribution is 2.08. The fraction of sp³-hybridized carbons (Fsp3) is 0.143. The van der Waals surface area contributed by atoms with Gasteiger partial charge in [0.05, 0.1) is 18.4 Å². The number of pyridine rings is 1. The predicted molar refractivity (Wildman–Crippen MR) is 78.5 cm³/mol. The van der Waals surface area contributed by atoms with Crippen molar-refractivity contribution in [2.45, 2.75) is 6.54 Å². The molecule has 1 aromatic heterocycles. The van der Waals surface area contributed by atoms with Crippen molar-refractivity contribution >= 4 is 15.9 Å². The van der Waals surface area contributed by atoms with Crippen molar-refractivity contribution in [3.8, 4) is 0 Å². The van der Waals surface area contributed by atoms with Crippen LogP contribution in [-0.4, -0.2) is 30.6 Å². The van der Waals surface area contributed by atoms with Crippen LogP contribution in [-0.2, 0) is 16.6 Å². The van der Waals surface area contributed by atoms with Gasteiger partial charge in [-0.25, -0.2) is 8.42 Å². The summed E-state index contributed by atoms with van der Waals surface area (Å²) in [5, 5.41) is 1.06. The molecule has 0 radical (unpaired) electrons. The number of carbonyl (C=O) groups is 1. The van der Waals surface area contributed by atoms with Crippen LogP contribution in [0.3, 0.4) is 0 Å². The van der Waals surface area contributed by atoms with Crippen molar-refractivity contribution in [1.29, 1.82) is 0 Å². The largest absolute Gasteiger partial charge is 0.270 e. The van der Waals surface area contributed by atoms with E-state index in [1.54, 1.807) is 18.3 Å². The monoisotopic (exact) mass is 305 g/mol. The number of hydrogen-bond donors (Lipinski definition) is 1. The minimum absolute atomic E-state index is 0.127. The summed E-state index contributed by atoms with van der Waals surface area (Å²) in [4.78, 5) is 18.5. The Bertz CT molecular complexity index is 703. The number of sulfonamides is 1. The van der Waals surface area contributed by atoms with Gasteiger partial charge in [0.15, 0.2) is 0 Å². The molecule has 1 amide bonds. The minimum Gasteiger partial charge on any atom is -0.268 e. The molecule has 0 bridgehead atoms. The zero-order valence-corrected chi connectivity index (χ0v) is 12.2. The molecule has 7 heteroatoms. The number of aromatic nitrogens is 1. The molecule has 2 aromatic rings. The number of nitrogens with one attached hydrogen (secondary N) is 1. The minimum atomic E-state index is -3.56. The molecule has 0 spiro atoms. The Labute approximate surface area is 123 Å². The van der Waals surface area contributed by atoms with Gasteiger partial charge in [-0.15, -0.1) is 4.83 Å². The average molecular weight is 305 g/mol. The van der Waals surface area contributed by atoms with Gasteiger partial charge in [0.1, 0.15) is 0 Å². The topological polar surface area (TPSA) is 79.4 Å². The maximum Gasteiger partial charge on any atom is 0.270 e. The van der Waals surface area contributed by atoms with Gasteiger partial charge in [-0.3, -0.25) is 14.8 Å². The lowest BCUT2D eigenvalue weighted by atomic mass is 10.2. The van der Waals surface area contributed by atoms with Crippen molar-refractivity contribution < 1.29 is 13.2 Å². The molecule has 1 N–H and O–H groups in total. The van der Waals surface area contributed by atoms with Gasteiger partial charge in [-0.2, -0.15) is 0 Å². The van der Waals surface area contributed by atoms with E-state index in [4.69, 9.17) is 0 Å². The molecule has 110 valence electrons. The third kappa shape index (κ3) is 4.66. The van der Waals surface area contributed by atoms with Crippen LogP contribution in [0.5, 0.6) is 0 Å². The van der Waals surface area contributed by atoms with E-state index in [-0.39, 0.29) is 6.54 Å². The maximum atomic E-state index is 12.4. The number of amides is 1. The predicted octanol–water partition coefficient (Wildman–Crippen LogP) is 1.19. The van der Waals surface area contributed by atoms with E-state index in [9.17, 15) is 13.2 Å². The molecule has 0 saturated carbocycles. The normalized spacial score (nSPS) is 11.1. The molecule has 1 heterocycles. The van der Waals surface area contributed by atoms with Gasteiger partial charge >= 0.3 is 0 Å². The summed E-state index contributed by atoms with van der Waals surface area (Å²) in [6, 6.07) is 12.3. The zero-order chi connectivity index (χ0) is 15.3. The summed E-state index contributed by atoms with van der Waals surface area (Å²) in [7, 11) is -3.56. The summed E-state index contributed by atoms with van der Waals surface area (Å²) < 4.78 is 22.9. The van der Waals surface area contributed by atoms with Crippen molar-refractivity contribution in [2.75, 3.05) is 6.26 Å². The van der Waals surface area contributed by atoms with Gasteiger partial charge in [-0.05, 0) is 17.7 Å². The van der Waals surface area contributed by atoms with Crippen LogP contribution < -0.4 is 4.83 Å². The van der Waals surface area contributed by atoms with Crippen LogP contribution in [0.1, 0.15) is 15.9 Å². The number of benzene rings is 1. The number of nitrogens with zero attached hydrogens (tertiary/aromatic N) is 2.